The van der Waals surface area contributed by atoms with Crippen molar-refractivity contribution in [2.45, 2.75) is 10.6 Å². The van der Waals surface area contributed by atoms with Gasteiger partial charge < -0.3 is 5.11 Å². The Morgan fingerprint density at radius 3 is 2.48 bits per heavy atom. The highest BCUT2D eigenvalue weighted by molar-refractivity contribution is 9.10. The van der Waals surface area contributed by atoms with Crippen LogP contribution in [0.3, 0.4) is 0 Å². The van der Waals surface area contributed by atoms with Crippen LogP contribution in [0.4, 0.5) is 0 Å². The van der Waals surface area contributed by atoms with E-state index in [1.807, 2.05) is 0 Å². The Bertz CT molecular complexity index is 802. The fourth-order valence-corrected chi connectivity index (χ4v) is 4.13. The topological polar surface area (TPSA) is 71.4 Å². The summed E-state index contributed by atoms with van der Waals surface area (Å²) < 4.78 is 25.1. The summed E-state index contributed by atoms with van der Waals surface area (Å²) in [6.07, 6.45) is 0. The molecule has 110 valence electrons. The Hall–Kier alpha value is -1.37. The summed E-state index contributed by atoms with van der Waals surface area (Å²) in [5.41, 5.74) is 0.575. The average Bonchev–Trinajstić information content (AvgIpc) is 2.40. The molecule has 0 aromatic heterocycles. The number of carboxylic acids is 1. The van der Waals surface area contributed by atoms with Crippen molar-refractivity contribution in [2.24, 2.45) is 0 Å². The largest absolute Gasteiger partial charge is 0.478 e. The van der Waals surface area contributed by atoms with E-state index in [1.54, 1.807) is 12.1 Å². The maximum atomic E-state index is 12.3. The van der Waals surface area contributed by atoms with E-state index in [1.165, 1.54) is 30.3 Å². The van der Waals surface area contributed by atoms with Gasteiger partial charge in [-0.25, -0.2) is 13.2 Å². The van der Waals surface area contributed by atoms with Gasteiger partial charge in [-0.2, -0.15) is 0 Å². The van der Waals surface area contributed by atoms with Gasteiger partial charge in [0.2, 0.25) is 0 Å². The molecular formula is C14H10BrClO4S. The second-order valence-electron chi connectivity index (χ2n) is 4.33. The molecular weight excluding hydrogens is 380 g/mol. The van der Waals surface area contributed by atoms with Crippen molar-refractivity contribution in [1.29, 1.82) is 0 Å². The minimum absolute atomic E-state index is 0.0887. The van der Waals surface area contributed by atoms with Gasteiger partial charge in [0.05, 0.1) is 16.2 Å². The molecule has 0 aliphatic heterocycles. The van der Waals surface area contributed by atoms with Gasteiger partial charge in [-0.05, 0) is 35.9 Å². The Morgan fingerprint density at radius 2 is 1.90 bits per heavy atom. The van der Waals surface area contributed by atoms with Gasteiger partial charge in [-0.3, -0.25) is 0 Å². The monoisotopic (exact) mass is 388 g/mol. The molecule has 0 radical (unpaired) electrons. The number of aromatic carboxylic acids is 1. The first kappa shape index (κ1) is 16.0. The number of hydrogen-bond donors (Lipinski definition) is 1. The molecule has 0 fully saturated rings. The summed E-state index contributed by atoms with van der Waals surface area (Å²) in [5.74, 6) is -1.31. The highest BCUT2D eigenvalue weighted by atomic mass is 79.9. The van der Waals surface area contributed by atoms with Crippen molar-refractivity contribution in [3.63, 3.8) is 0 Å². The van der Waals surface area contributed by atoms with E-state index in [0.29, 0.717) is 15.1 Å². The summed E-state index contributed by atoms with van der Waals surface area (Å²) in [6, 6.07) is 10.3. The lowest BCUT2D eigenvalue weighted by Gasteiger charge is -2.08. The third kappa shape index (κ3) is 3.84. The van der Waals surface area contributed by atoms with Crippen molar-refractivity contribution in [1.82, 2.24) is 0 Å². The van der Waals surface area contributed by atoms with Crippen molar-refractivity contribution < 1.29 is 18.3 Å². The van der Waals surface area contributed by atoms with Crippen LogP contribution in [-0.4, -0.2) is 19.5 Å². The van der Waals surface area contributed by atoms with Crippen LogP contribution in [0.15, 0.2) is 51.8 Å². The molecule has 0 saturated heterocycles. The second kappa shape index (κ2) is 6.17. The minimum atomic E-state index is -3.55. The number of rotatable bonds is 4. The summed E-state index contributed by atoms with van der Waals surface area (Å²) in [7, 11) is -3.55. The fraction of sp³-hybridized carbons (Fsp3) is 0.0714. The Labute approximate surface area is 135 Å². The minimum Gasteiger partial charge on any atom is -0.478 e. The molecule has 4 nitrogen and oxygen atoms in total. The predicted molar refractivity (Wildman–Crippen MR) is 83.4 cm³/mol. The number of hydrogen-bond acceptors (Lipinski definition) is 3. The molecule has 0 saturated carbocycles. The molecule has 2 aromatic carbocycles. The first-order chi connectivity index (χ1) is 9.79. The van der Waals surface area contributed by atoms with E-state index in [2.05, 4.69) is 15.9 Å². The van der Waals surface area contributed by atoms with Crippen molar-refractivity contribution in [2.75, 3.05) is 0 Å². The van der Waals surface area contributed by atoms with Gasteiger partial charge in [0.15, 0.2) is 9.84 Å². The van der Waals surface area contributed by atoms with E-state index in [-0.39, 0.29) is 16.2 Å². The fourth-order valence-electron chi connectivity index (χ4n) is 1.75. The Morgan fingerprint density at radius 1 is 1.19 bits per heavy atom. The summed E-state index contributed by atoms with van der Waals surface area (Å²) in [6.45, 7) is 0. The van der Waals surface area contributed by atoms with Crippen molar-refractivity contribution in [3.05, 3.63) is 63.1 Å². The van der Waals surface area contributed by atoms with Crippen LogP contribution < -0.4 is 0 Å². The molecule has 0 atom stereocenters. The number of carbonyl (C=O) groups is 1. The van der Waals surface area contributed by atoms with Crippen LogP contribution in [0, 0.1) is 0 Å². The molecule has 2 aromatic rings. The zero-order valence-corrected chi connectivity index (χ0v) is 13.7. The van der Waals surface area contributed by atoms with Gasteiger partial charge >= 0.3 is 5.97 Å². The Kier molecular flexibility index (Phi) is 4.70. The predicted octanol–water partition coefficient (Wildman–Crippen LogP) is 3.77. The van der Waals surface area contributed by atoms with Crippen LogP contribution in [0.5, 0.6) is 0 Å². The normalized spacial score (nSPS) is 11.3. The van der Waals surface area contributed by atoms with E-state index >= 15 is 0 Å². The van der Waals surface area contributed by atoms with Gasteiger partial charge in [-0.15, -0.1) is 0 Å². The lowest BCUT2D eigenvalue weighted by molar-refractivity contribution is 0.0697. The SMILES string of the molecule is O=C(O)c1ccc(CS(=O)(=O)c2cccc(Cl)c2)c(Br)c1. The highest BCUT2D eigenvalue weighted by Crippen LogP contribution is 2.25. The standard InChI is InChI=1S/C14H10BrClO4S/c15-13-6-9(14(17)18)4-5-10(13)8-21(19,20)12-3-1-2-11(16)7-12/h1-7H,8H2,(H,17,18). The highest BCUT2D eigenvalue weighted by Gasteiger charge is 2.18. The smallest absolute Gasteiger partial charge is 0.335 e. The van der Waals surface area contributed by atoms with Crippen molar-refractivity contribution >= 4 is 43.3 Å². The molecule has 2 rings (SSSR count). The molecule has 0 spiro atoms. The first-order valence-electron chi connectivity index (χ1n) is 5.79. The summed E-state index contributed by atoms with van der Waals surface area (Å²) in [4.78, 5) is 11.0. The third-order valence-electron chi connectivity index (χ3n) is 2.80. The first-order valence-corrected chi connectivity index (χ1v) is 8.62. The van der Waals surface area contributed by atoms with Gasteiger partial charge in [-0.1, -0.05) is 39.7 Å². The Balaban J connectivity index is 2.35. The zero-order valence-electron chi connectivity index (χ0n) is 10.6. The molecule has 0 heterocycles. The van der Waals surface area contributed by atoms with Crippen LogP contribution >= 0.6 is 27.5 Å². The van der Waals surface area contributed by atoms with Crippen LogP contribution in [0.1, 0.15) is 15.9 Å². The van der Waals surface area contributed by atoms with E-state index in [9.17, 15) is 13.2 Å². The number of benzene rings is 2. The molecule has 7 heteroatoms. The van der Waals surface area contributed by atoms with E-state index in [4.69, 9.17) is 16.7 Å². The average molecular weight is 390 g/mol. The molecule has 0 aliphatic rings. The molecule has 0 bridgehead atoms. The molecule has 21 heavy (non-hydrogen) atoms. The van der Waals surface area contributed by atoms with Gasteiger partial charge in [0, 0.05) is 9.50 Å². The lowest BCUT2D eigenvalue weighted by Crippen LogP contribution is -2.06. The number of carboxylic acid groups (broad SMARTS) is 1. The van der Waals surface area contributed by atoms with E-state index in [0.717, 1.165) is 0 Å². The summed E-state index contributed by atoms with van der Waals surface area (Å²) >= 11 is 9.00. The van der Waals surface area contributed by atoms with Gasteiger partial charge in [0.1, 0.15) is 0 Å². The molecule has 0 amide bonds. The number of halogens is 2. The lowest BCUT2D eigenvalue weighted by atomic mass is 10.1. The zero-order chi connectivity index (χ0) is 15.6. The molecule has 0 aliphatic carbocycles. The summed E-state index contributed by atoms with van der Waals surface area (Å²) in [5, 5.41) is 9.23. The van der Waals surface area contributed by atoms with Crippen LogP contribution in [0.25, 0.3) is 0 Å². The molecule has 0 unspecified atom stereocenters. The van der Waals surface area contributed by atoms with Crippen LogP contribution in [-0.2, 0) is 15.6 Å². The maximum absolute atomic E-state index is 12.3. The molecule has 1 N–H and O–H groups in total. The van der Waals surface area contributed by atoms with Crippen molar-refractivity contribution in [3.8, 4) is 0 Å². The second-order valence-corrected chi connectivity index (χ2v) is 7.61. The maximum Gasteiger partial charge on any atom is 0.335 e. The number of sulfone groups is 1. The van der Waals surface area contributed by atoms with Gasteiger partial charge in [0.25, 0.3) is 0 Å². The third-order valence-corrected chi connectivity index (χ3v) is 5.44. The van der Waals surface area contributed by atoms with E-state index < -0.39 is 15.8 Å². The quantitative estimate of drug-likeness (QED) is 0.864. The van der Waals surface area contributed by atoms with Crippen LogP contribution in [0.2, 0.25) is 5.02 Å².